The largest absolute Gasteiger partial charge is 0.494 e. The molecule has 0 unspecified atom stereocenters. The number of hydrogen-bond acceptors (Lipinski definition) is 4. The van der Waals surface area contributed by atoms with E-state index in [4.69, 9.17) is 40.2 Å². The number of H-pyrrole nitrogens is 1. The first-order chi connectivity index (χ1) is 11.5. The highest BCUT2D eigenvalue weighted by molar-refractivity contribution is 7.71. The third-order valence-electron chi connectivity index (χ3n) is 3.82. The number of carbonyl (C=O) groups excluding carboxylic acids is 1. The van der Waals surface area contributed by atoms with Crippen molar-refractivity contribution in [1.82, 2.24) is 20.1 Å². The van der Waals surface area contributed by atoms with Gasteiger partial charge in [-0.15, -0.1) is 0 Å². The molecule has 1 aliphatic rings. The minimum absolute atomic E-state index is 0.260. The summed E-state index contributed by atoms with van der Waals surface area (Å²) in [5.74, 6) is 1.54. The Morgan fingerprint density at radius 1 is 1.46 bits per heavy atom. The molecule has 1 aliphatic carbocycles. The van der Waals surface area contributed by atoms with Gasteiger partial charge in [0.05, 0.1) is 17.2 Å². The van der Waals surface area contributed by atoms with E-state index in [0.717, 1.165) is 18.7 Å². The molecule has 0 bridgehead atoms. The van der Waals surface area contributed by atoms with Crippen molar-refractivity contribution in [3.8, 4) is 5.75 Å². The molecule has 9 heteroatoms. The molecule has 1 heterocycles. The van der Waals surface area contributed by atoms with E-state index in [1.54, 1.807) is 0 Å². The van der Waals surface area contributed by atoms with Gasteiger partial charge in [-0.05, 0) is 37.2 Å². The number of nitrogens with zero attached hydrogens (tertiary/aromatic N) is 2. The van der Waals surface area contributed by atoms with E-state index in [9.17, 15) is 4.79 Å². The molecule has 0 aliphatic heterocycles. The van der Waals surface area contributed by atoms with Gasteiger partial charge in [0.2, 0.25) is 0 Å². The molecule has 1 amide bonds. The molecular weight excluding hydrogens is 371 g/mol. The average molecular weight is 387 g/mol. The predicted molar refractivity (Wildman–Crippen MR) is 94.7 cm³/mol. The first kappa shape index (κ1) is 17.3. The second-order valence-electron chi connectivity index (χ2n) is 5.54. The molecular formula is C15H16Cl2N4O2S. The van der Waals surface area contributed by atoms with Gasteiger partial charge in [-0.2, -0.15) is 5.10 Å². The SMILES string of the molecule is COc1c(Cl)cc(C(=O)NCCn2c(C3CC3)n[nH]c2=S)cc1Cl. The molecule has 6 nitrogen and oxygen atoms in total. The summed E-state index contributed by atoms with van der Waals surface area (Å²) < 4.78 is 7.58. The highest BCUT2D eigenvalue weighted by Crippen LogP contribution is 2.38. The van der Waals surface area contributed by atoms with Gasteiger partial charge >= 0.3 is 0 Å². The zero-order valence-electron chi connectivity index (χ0n) is 12.9. The lowest BCUT2D eigenvalue weighted by Gasteiger charge is -2.10. The Kier molecular flexibility index (Phi) is 5.12. The summed E-state index contributed by atoms with van der Waals surface area (Å²) >= 11 is 17.4. The summed E-state index contributed by atoms with van der Waals surface area (Å²) in [6.45, 7) is 0.984. The van der Waals surface area contributed by atoms with Gasteiger partial charge < -0.3 is 14.6 Å². The van der Waals surface area contributed by atoms with Gasteiger partial charge in [-0.3, -0.25) is 9.89 Å². The van der Waals surface area contributed by atoms with Crippen molar-refractivity contribution in [3.63, 3.8) is 0 Å². The van der Waals surface area contributed by atoms with Crippen molar-refractivity contribution in [3.05, 3.63) is 38.3 Å². The van der Waals surface area contributed by atoms with Crippen LogP contribution in [-0.4, -0.2) is 34.3 Å². The molecule has 128 valence electrons. The molecule has 0 spiro atoms. The van der Waals surface area contributed by atoms with Crippen LogP contribution < -0.4 is 10.1 Å². The third kappa shape index (κ3) is 3.58. The minimum atomic E-state index is -0.260. The Hall–Kier alpha value is -1.57. The summed E-state index contributed by atoms with van der Waals surface area (Å²) in [5.41, 5.74) is 0.379. The molecule has 1 aromatic carbocycles. The number of benzene rings is 1. The van der Waals surface area contributed by atoms with Crippen molar-refractivity contribution in [2.75, 3.05) is 13.7 Å². The standard InChI is InChI=1S/C15H16Cl2N4O2S/c1-23-12-10(16)6-9(7-11(12)17)14(22)18-4-5-21-13(8-2-3-8)19-20-15(21)24/h6-8H,2-5H2,1H3,(H,18,22)(H,20,24). The van der Waals surface area contributed by atoms with Crippen LogP contribution >= 0.6 is 35.4 Å². The van der Waals surface area contributed by atoms with Gasteiger partial charge in [0.25, 0.3) is 5.91 Å². The molecule has 0 atom stereocenters. The fourth-order valence-electron chi connectivity index (χ4n) is 2.47. The number of hydrogen-bond donors (Lipinski definition) is 2. The number of methoxy groups -OCH3 is 1. The first-order valence-corrected chi connectivity index (χ1v) is 8.64. The maximum absolute atomic E-state index is 12.3. The molecule has 1 saturated carbocycles. The zero-order chi connectivity index (χ0) is 17.3. The van der Waals surface area contributed by atoms with Crippen LogP contribution in [-0.2, 0) is 6.54 Å². The summed E-state index contributed by atoms with van der Waals surface area (Å²) in [4.78, 5) is 12.3. The van der Waals surface area contributed by atoms with Crippen LogP contribution in [0.2, 0.25) is 10.0 Å². The van der Waals surface area contributed by atoms with Crippen LogP contribution in [0, 0.1) is 4.77 Å². The molecule has 0 radical (unpaired) electrons. The second-order valence-corrected chi connectivity index (χ2v) is 6.74. The van der Waals surface area contributed by atoms with Crippen molar-refractivity contribution < 1.29 is 9.53 Å². The van der Waals surface area contributed by atoms with Crippen LogP contribution in [0.15, 0.2) is 12.1 Å². The van der Waals surface area contributed by atoms with Gasteiger partial charge in [-0.25, -0.2) is 0 Å². The summed E-state index contributed by atoms with van der Waals surface area (Å²) in [6, 6.07) is 3.06. The first-order valence-electron chi connectivity index (χ1n) is 7.47. The lowest BCUT2D eigenvalue weighted by molar-refractivity contribution is 0.0952. The minimum Gasteiger partial charge on any atom is -0.494 e. The Labute approximate surface area is 154 Å². The van der Waals surface area contributed by atoms with Crippen LogP contribution in [0.25, 0.3) is 0 Å². The van der Waals surface area contributed by atoms with Crippen LogP contribution in [0.3, 0.4) is 0 Å². The van der Waals surface area contributed by atoms with E-state index >= 15 is 0 Å². The summed E-state index contributed by atoms with van der Waals surface area (Å²) in [7, 11) is 1.47. The van der Waals surface area contributed by atoms with E-state index in [1.807, 2.05) is 4.57 Å². The molecule has 1 aromatic heterocycles. The van der Waals surface area contributed by atoms with Crippen molar-refractivity contribution in [2.24, 2.45) is 0 Å². The van der Waals surface area contributed by atoms with Gasteiger partial charge in [0, 0.05) is 24.6 Å². The molecule has 3 rings (SSSR count). The normalized spacial score (nSPS) is 13.8. The lowest BCUT2D eigenvalue weighted by Crippen LogP contribution is -2.27. The Morgan fingerprint density at radius 2 is 2.12 bits per heavy atom. The summed E-state index contributed by atoms with van der Waals surface area (Å²) in [6.07, 6.45) is 2.27. The Bertz CT molecular complexity index is 806. The Morgan fingerprint density at radius 3 is 2.71 bits per heavy atom. The predicted octanol–water partition coefficient (Wildman–Crippen LogP) is 3.56. The number of nitrogens with one attached hydrogen (secondary N) is 2. The molecule has 1 fully saturated rings. The van der Waals surface area contributed by atoms with Gasteiger partial charge in [-0.1, -0.05) is 23.2 Å². The van der Waals surface area contributed by atoms with E-state index < -0.39 is 0 Å². The number of amides is 1. The van der Waals surface area contributed by atoms with Crippen molar-refractivity contribution in [2.45, 2.75) is 25.3 Å². The lowest BCUT2D eigenvalue weighted by atomic mass is 10.2. The highest BCUT2D eigenvalue weighted by atomic mass is 35.5. The second kappa shape index (κ2) is 7.13. The molecule has 0 saturated heterocycles. The third-order valence-corrected chi connectivity index (χ3v) is 4.69. The van der Waals surface area contributed by atoms with E-state index in [-0.39, 0.29) is 5.91 Å². The quantitative estimate of drug-likeness (QED) is 0.744. The smallest absolute Gasteiger partial charge is 0.251 e. The van der Waals surface area contributed by atoms with Gasteiger partial charge in [0.15, 0.2) is 10.5 Å². The maximum atomic E-state index is 12.3. The molecule has 2 aromatic rings. The monoisotopic (exact) mass is 386 g/mol. The molecule has 2 N–H and O–H groups in total. The van der Waals surface area contributed by atoms with E-state index in [1.165, 1.54) is 19.2 Å². The average Bonchev–Trinajstić information content (AvgIpc) is 3.32. The highest BCUT2D eigenvalue weighted by Gasteiger charge is 2.28. The number of halogens is 2. The zero-order valence-corrected chi connectivity index (χ0v) is 15.3. The van der Waals surface area contributed by atoms with Crippen LogP contribution in [0.4, 0.5) is 0 Å². The fourth-order valence-corrected chi connectivity index (χ4v) is 3.34. The van der Waals surface area contributed by atoms with E-state index in [2.05, 4.69) is 15.5 Å². The topological polar surface area (TPSA) is 71.9 Å². The fraction of sp³-hybridized carbons (Fsp3) is 0.400. The number of ether oxygens (including phenoxy) is 1. The maximum Gasteiger partial charge on any atom is 0.251 e. The molecule has 24 heavy (non-hydrogen) atoms. The van der Waals surface area contributed by atoms with E-state index in [0.29, 0.717) is 45.1 Å². The summed E-state index contributed by atoms with van der Waals surface area (Å²) in [5, 5.41) is 10.5. The number of aromatic amines is 1. The van der Waals surface area contributed by atoms with Crippen molar-refractivity contribution in [1.29, 1.82) is 0 Å². The number of rotatable bonds is 6. The number of aromatic nitrogens is 3. The Balaban J connectivity index is 1.64. The number of carbonyl (C=O) groups is 1. The van der Waals surface area contributed by atoms with Crippen molar-refractivity contribution >= 4 is 41.3 Å². The van der Waals surface area contributed by atoms with Crippen LogP contribution in [0.5, 0.6) is 5.75 Å². The van der Waals surface area contributed by atoms with Gasteiger partial charge in [0.1, 0.15) is 5.82 Å². The van der Waals surface area contributed by atoms with Crippen LogP contribution in [0.1, 0.15) is 34.9 Å².